The Morgan fingerprint density at radius 2 is 1.71 bits per heavy atom. The molecule has 1 amide bonds. The summed E-state index contributed by atoms with van der Waals surface area (Å²) in [6.45, 7) is 0.155. The second kappa shape index (κ2) is 8.73. The molecule has 0 saturated heterocycles. The summed E-state index contributed by atoms with van der Waals surface area (Å²) in [6, 6.07) is 20.1. The lowest BCUT2D eigenvalue weighted by molar-refractivity contribution is -0.131. The molecule has 28 heavy (non-hydrogen) atoms. The first-order valence-corrected chi connectivity index (χ1v) is 8.58. The Bertz CT molecular complexity index is 991. The number of carboxylic acids is 1. The Morgan fingerprint density at radius 1 is 1.00 bits per heavy atom. The third kappa shape index (κ3) is 4.48. The van der Waals surface area contributed by atoms with Crippen molar-refractivity contribution in [3.63, 3.8) is 0 Å². The molecule has 2 aromatic carbocycles. The van der Waals surface area contributed by atoms with Crippen molar-refractivity contribution in [3.05, 3.63) is 84.6 Å². The van der Waals surface area contributed by atoms with Crippen molar-refractivity contribution in [2.75, 3.05) is 12.0 Å². The highest BCUT2D eigenvalue weighted by Crippen LogP contribution is 2.31. The third-order valence-corrected chi connectivity index (χ3v) is 4.05. The molecule has 3 aromatic rings. The zero-order chi connectivity index (χ0) is 19.9. The van der Waals surface area contributed by atoms with E-state index in [4.69, 9.17) is 14.3 Å². The van der Waals surface area contributed by atoms with Gasteiger partial charge in [0, 0.05) is 17.8 Å². The van der Waals surface area contributed by atoms with Crippen molar-refractivity contribution < 1.29 is 23.8 Å². The normalized spacial score (nSPS) is 10.8. The lowest BCUT2D eigenvalue weighted by Crippen LogP contribution is -2.28. The van der Waals surface area contributed by atoms with Gasteiger partial charge in [-0.25, -0.2) is 4.79 Å². The van der Waals surface area contributed by atoms with E-state index in [0.29, 0.717) is 23.0 Å². The summed E-state index contributed by atoms with van der Waals surface area (Å²) in [6.07, 6.45) is 1.85. The fraction of sp³-hybridized carbons (Fsp3) is 0.0909. The van der Waals surface area contributed by atoms with E-state index in [1.54, 1.807) is 37.4 Å². The minimum atomic E-state index is -1.18. The molecule has 0 bridgehead atoms. The Labute approximate surface area is 162 Å². The quantitative estimate of drug-likeness (QED) is 0.626. The van der Waals surface area contributed by atoms with Crippen LogP contribution in [0, 0.1) is 0 Å². The molecule has 6 heteroatoms. The van der Waals surface area contributed by atoms with Gasteiger partial charge in [0.25, 0.3) is 5.91 Å². The number of methoxy groups -OCH3 is 1. The number of rotatable bonds is 7. The van der Waals surface area contributed by atoms with Gasteiger partial charge in [-0.3, -0.25) is 4.79 Å². The Morgan fingerprint density at radius 3 is 2.43 bits per heavy atom. The predicted molar refractivity (Wildman–Crippen MR) is 105 cm³/mol. The van der Waals surface area contributed by atoms with Crippen LogP contribution in [0.2, 0.25) is 0 Å². The minimum Gasteiger partial charge on any atom is -0.496 e. The highest BCUT2D eigenvalue weighted by atomic mass is 16.5. The number of carbonyl (C=O) groups is 2. The fourth-order valence-corrected chi connectivity index (χ4v) is 2.75. The number of nitrogens with zero attached hydrogens (tertiary/aromatic N) is 1. The van der Waals surface area contributed by atoms with Crippen LogP contribution in [-0.4, -0.2) is 24.1 Å². The van der Waals surface area contributed by atoms with Crippen LogP contribution in [-0.2, 0) is 16.1 Å². The molecule has 1 aromatic heterocycles. The molecular weight excluding hydrogens is 358 g/mol. The maximum absolute atomic E-state index is 12.5. The third-order valence-electron chi connectivity index (χ3n) is 4.05. The van der Waals surface area contributed by atoms with Crippen LogP contribution in [0.25, 0.3) is 11.3 Å². The van der Waals surface area contributed by atoms with Crippen LogP contribution >= 0.6 is 0 Å². The van der Waals surface area contributed by atoms with Crippen LogP contribution in [0.5, 0.6) is 5.75 Å². The van der Waals surface area contributed by atoms with Crippen LogP contribution < -0.4 is 9.64 Å². The first kappa shape index (κ1) is 19.0. The van der Waals surface area contributed by atoms with Gasteiger partial charge in [0.05, 0.1) is 19.2 Å². The first-order valence-electron chi connectivity index (χ1n) is 8.58. The van der Waals surface area contributed by atoms with Gasteiger partial charge in [-0.05, 0) is 36.4 Å². The molecule has 0 spiro atoms. The highest BCUT2D eigenvalue weighted by Gasteiger charge is 2.17. The Kier molecular flexibility index (Phi) is 5.91. The molecule has 0 aliphatic heterocycles. The molecule has 142 valence electrons. The maximum Gasteiger partial charge on any atom is 0.328 e. The molecule has 1 heterocycles. The SMILES string of the molecule is COc1ccccc1-c1ccc(CN(C(=O)/C=C\C(=O)O)c2ccccc2)o1. The van der Waals surface area contributed by atoms with Crippen LogP contribution in [0.4, 0.5) is 5.69 Å². The van der Waals surface area contributed by atoms with Gasteiger partial charge in [-0.2, -0.15) is 0 Å². The smallest absolute Gasteiger partial charge is 0.328 e. The zero-order valence-electron chi connectivity index (χ0n) is 15.2. The number of aliphatic carboxylic acids is 1. The van der Waals surface area contributed by atoms with E-state index in [-0.39, 0.29) is 6.54 Å². The number of benzene rings is 2. The molecule has 0 radical (unpaired) electrons. The van der Waals surface area contributed by atoms with Crippen molar-refractivity contribution in [2.45, 2.75) is 6.54 Å². The predicted octanol–water partition coefficient (Wildman–Crippen LogP) is 4.13. The van der Waals surface area contributed by atoms with Crippen LogP contribution in [0.3, 0.4) is 0 Å². The molecular formula is C22H19NO5. The molecule has 0 saturated carbocycles. The van der Waals surface area contributed by atoms with E-state index >= 15 is 0 Å². The van der Waals surface area contributed by atoms with Crippen LogP contribution in [0.1, 0.15) is 5.76 Å². The number of furan rings is 1. The Balaban J connectivity index is 1.88. The number of anilines is 1. The molecule has 3 rings (SSSR count). The lowest BCUT2D eigenvalue weighted by atomic mass is 10.1. The highest BCUT2D eigenvalue weighted by molar-refractivity contribution is 6.03. The second-order valence-electron chi connectivity index (χ2n) is 5.90. The van der Waals surface area contributed by atoms with Crippen molar-refractivity contribution >= 4 is 17.6 Å². The number of hydrogen-bond acceptors (Lipinski definition) is 4. The maximum atomic E-state index is 12.5. The fourth-order valence-electron chi connectivity index (χ4n) is 2.75. The standard InChI is InChI=1S/C22H19NO5/c1-27-19-10-6-5-9-18(19)20-12-11-17(28-20)15-23(16-7-3-2-4-8-16)21(24)13-14-22(25)26/h2-14H,15H2,1H3,(H,25,26)/b14-13-. The number of carboxylic acid groups (broad SMARTS) is 1. The second-order valence-corrected chi connectivity index (χ2v) is 5.90. The topological polar surface area (TPSA) is 80.0 Å². The number of para-hydroxylation sites is 2. The van der Waals surface area contributed by atoms with Gasteiger partial charge < -0.3 is 19.2 Å². The van der Waals surface area contributed by atoms with Gasteiger partial charge in [0.2, 0.25) is 0 Å². The van der Waals surface area contributed by atoms with Gasteiger partial charge in [0.15, 0.2) is 0 Å². The average Bonchev–Trinajstić information content (AvgIpc) is 3.19. The number of carbonyl (C=O) groups excluding carboxylic acids is 1. The zero-order valence-corrected chi connectivity index (χ0v) is 15.2. The van der Waals surface area contributed by atoms with Crippen LogP contribution in [0.15, 0.2) is 83.3 Å². The summed E-state index contributed by atoms with van der Waals surface area (Å²) in [7, 11) is 1.59. The molecule has 0 aliphatic carbocycles. The lowest BCUT2D eigenvalue weighted by Gasteiger charge is -2.20. The summed E-state index contributed by atoms with van der Waals surface area (Å²) in [5.41, 5.74) is 1.44. The molecule has 0 fully saturated rings. The monoisotopic (exact) mass is 377 g/mol. The molecule has 0 unspecified atom stereocenters. The van der Waals surface area contributed by atoms with E-state index in [0.717, 1.165) is 17.7 Å². The summed E-state index contributed by atoms with van der Waals surface area (Å²) in [5, 5.41) is 8.80. The summed E-state index contributed by atoms with van der Waals surface area (Å²) in [4.78, 5) is 24.7. The van der Waals surface area contributed by atoms with Gasteiger partial charge in [0.1, 0.15) is 17.3 Å². The number of amides is 1. The van der Waals surface area contributed by atoms with Crippen molar-refractivity contribution in [2.24, 2.45) is 0 Å². The van der Waals surface area contributed by atoms with E-state index in [9.17, 15) is 9.59 Å². The summed E-state index contributed by atoms with van der Waals surface area (Å²) in [5.74, 6) is 0.223. The van der Waals surface area contributed by atoms with E-state index < -0.39 is 11.9 Å². The molecule has 1 N–H and O–H groups in total. The largest absolute Gasteiger partial charge is 0.496 e. The van der Waals surface area contributed by atoms with Crippen molar-refractivity contribution in [3.8, 4) is 17.1 Å². The summed E-state index contributed by atoms with van der Waals surface area (Å²) < 4.78 is 11.3. The molecule has 0 atom stereocenters. The minimum absolute atomic E-state index is 0.155. The number of ether oxygens (including phenoxy) is 1. The number of hydrogen-bond donors (Lipinski definition) is 1. The summed E-state index contributed by atoms with van der Waals surface area (Å²) >= 11 is 0. The molecule has 0 aliphatic rings. The van der Waals surface area contributed by atoms with E-state index in [2.05, 4.69) is 0 Å². The van der Waals surface area contributed by atoms with Crippen molar-refractivity contribution in [1.29, 1.82) is 0 Å². The van der Waals surface area contributed by atoms with Gasteiger partial charge in [-0.1, -0.05) is 30.3 Å². The first-order chi connectivity index (χ1) is 13.6. The van der Waals surface area contributed by atoms with Gasteiger partial charge in [-0.15, -0.1) is 0 Å². The van der Waals surface area contributed by atoms with Crippen molar-refractivity contribution in [1.82, 2.24) is 0 Å². The average molecular weight is 377 g/mol. The Hall–Kier alpha value is -3.80. The molecule has 6 nitrogen and oxygen atoms in total. The van der Waals surface area contributed by atoms with E-state index in [1.807, 2.05) is 36.4 Å². The van der Waals surface area contributed by atoms with Gasteiger partial charge >= 0.3 is 5.97 Å². The van der Waals surface area contributed by atoms with E-state index in [1.165, 1.54) is 4.90 Å².